The van der Waals surface area contributed by atoms with E-state index in [0.717, 1.165) is 5.56 Å². The van der Waals surface area contributed by atoms with Gasteiger partial charge in [-0.1, -0.05) is 29.8 Å². The Morgan fingerprint density at radius 2 is 1.88 bits per heavy atom. The summed E-state index contributed by atoms with van der Waals surface area (Å²) in [5.41, 5.74) is -2.62. The number of nitrogens with one attached hydrogen (secondary N) is 2. The van der Waals surface area contributed by atoms with Crippen LogP contribution in [0.1, 0.15) is 24.1 Å². The highest BCUT2D eigenvalue weighted by Gasteiger charge is 2.66. The molecule has 0 aromatic heterocycles. The second kappa shape index (κ2) is 10.2. The normalized spacial score (nSPS) is 22.4. The average Bonchev–Trinajstić information content (AvgIpc) is 2.77. The average molecular weight is 519 g/mol. The van der Waals surface area contributed by atoms with E-state index in [-0.39, 0.29) is 24.5 Å². The van der Waals surface area contributed by atoms with Crippen molar-refractivity contribution in [3.63, 3.8) is 0 Å². The van der Waals surface area contributed by atoms with Crippen molar-refractivity contribution in [3.05, 3.63) is 58.6 Å². The third-order valence-electron chi connectivity index (χ3n) is 5.20. The van der Waals surface area contributed by atoms with Gasteiger partial charge in [-0.25, -0.2) is 0 Å². The summed E-state index contributed by atoms with van der Waals surface area (Å²) in [7, 11) is 1.36. The van der Waals surface area contributed by atoms with Crippen molar-refractivity contribution < 1.29 is 37.3 Å². The molecule has 3 N–H and O–H groups in total. The summed E-state index contributed by atoms with van der Waals surface area (Å²) < 4.78 is 57.6. The molecule has 12 heteroatoms. The molecule has 34 heavy (non-hydrogen) atoms. The van der Waals surface area contributed by atoms with Crippen LogP contribution in [0.2, 0.25) is 5.02 Å². The first kappa shape index (κ1) is 25.9. The zero-order valence-electron chi connectivity index (χ0n) is 18.1. The Balaban J connectivity index is 1.95. The fourth-order valence-electron chi connectivity index (χ4n) is 3.55. The monoisotopic (exact) mass is 518 g/mol. The lowest BCUT2D eigenvalue weighted by Gasteiger charge is -2.45. The minimum atomic E-state index is -5.24. The fraction of sp³-hybridized carbons (Fsp3) is 0.364. The first-order chi connectivity index (χ1) is 16.0. The smallest absolute Gasteiger partial charge is 0.437 e. The number of rotatable bonds is 7. The van der Waals surface area contributed by atoms with E-state index in [9.17, 15) is 23.1 Å². The van der Waals surface area contributed by atoms with Gasteiger partial charge in [0, 0.05) is 5.02 Å². The van der Waals surface area contributed by atoms with E-state index in [1.54, 1.807) is 29.6 Å². The molecule has 1 heterocycles. The van der Waals surface area contributed by atoms with Crippen molar-refractivity contribution in [3.8, 4) is 11.5 Å². The van der Waals surface area contributed by atoms with Crippen LogP contribution in [-0.2, 0) is 16.1 Å². The molecule has 0 aliphatic carbocycles. The molecule has 1 fully saturated rings. The highest BCUT2D eigenvalue weighted by Crippen LogP contribution is 2.44. The van der Waals surface area contributed by atoms with Crippen LogP contribution in [0.15, 0.2) is 42.5 Å². The summed E-state index contributed by atoms with van der Waals surface area (Å²) in [5.74, 6) is -2.84. The topological polar surface area (TPSA) is 89.1 Å². The van der Waals surface area contributed by atoms with Gasteiger partial charge in [-0.05, 0) is 54.5 Å². The molecule has 0 amide bonds. The Kier molecular flexibility index (Phi) is 7.79. The number of hydrogen-bond acceptors (Lipinski definition) is 6. The molecular formula is C22H22ClF3N2O5S. The molecule has 2 aromatic rings. The Labute approximate surface area is 204 Å². The lowest BCUT2D eigenvalue weighted by molar-refractivity contribution is -0.292. The number of methoxy groups -OCH3 is 1. The number of aliphatic hydroxyl groups is 1. The maximum atomic E-state index is 13.9. The van der Waals surface area contributed by atoms with Crippen molar-refractivity contribution in [2.24, 2.45) is 5.92 Å². The van der Waals surface area contributed by atoms with E-state index in [2.05, 4.69) is 5.32 Å². The number of halogens is 4. The van der Waals surface area contributed by atoms with Crippen molar-refractivity contribution in [2.45, 2.75) is 31.5 Å². The Hall–Kier alpha value is -2.76. The molecule has 1 aliphatic heterocycles. The molecule has 0 spiro atoms. The summed E-state index contributed by atoms with van der Waals surface area (Å²) in [6, 6.07) is 9.97. The maximum Gasteiger partial charge on any atom is 0.437 e. The molecule has 0 radical (unpaired) electrons. The molecule has 3 atom stereocenters. The largest absolute Gasteiger partial charge is 0.493 e. The number of ether oxygens (including phenoxy) is 3. The van der Waals surface area contributed by atoms with Crippen LogP contribution < -0.4 is 20.1 Å². The van der Waals surface area contributed by atoms with Gasteiger partial charge in [0.2, 0.25) is 0 Å². The van der Waals surface area contributed by atoms with Crippen LogP contribution in [0, 0.1) is 5.92 Å². The van der Waals surface area contributed by atoms with E-state index in [4.69, 9.17) is 38.0 Å². The zero-order chi connectivity index (χ0) is 25.1. The van der Waals surface area contributed by atoms with Crippen molar-refractivity contribution in [2.75, 3.05) is 13.7 Å². The minimum absolute atomic E-state index is 0.179. The summed E-state index contributed by atoms with van der Waals surface area (Å²) in [6.45, 7) is 1.45. The van der Waals surface area contributed by atoms with Gasteiger partial charge in [0.25, 0.3) is 5.72 Å². The lowest BCUT2D eigenvalue weighted by Crippen LogP contribution is -2.73. The molecule has 0 saturated carbocycles. The summed E-state index contributed by atoms with van der Waals surface area (Å²) in [4.78, 5) is 12.6. The van der Waals surface area contributed by atoms with E-state index >= 15 is 0 Å². The Bertz CT molecular complexity index is 1050. The number of esters is 1. The number of thiocarbonyl (C=S) groups is 1. The van der Waals surface area contributed by atoms with Crippen molar-refractivity contribution >= 4 is 34.9 Å². The highest BCUT2D eigenvalue weighted by atomic mass is 35.5. The quantitative estimate of drug-likeness (QED) is 0.376. The summed E-state index contributed by atoms with van der Waals surface area (Å²) >= 11 is 10.8. The minimum Gasteiger partial charge on any atom is -0.493 e. The first-order valence-corrected chi connectivity index (χ1v) is 10.9. The van der Waals surface area contributed by atoms with Crippen LogP contribution in [0.4, 0.5) is 13.2 Å². The van der Waals surface area contributed by atoms with Gasteiger partial charge in [-0.3, -0.25) is 4.79 Å². The molecule has 0 unspecified atom stereocenters. The third kappa shape index (κ3) is 5.31. The number of alkyl halides is 3. The third-order valence-corrected chi connectivity index (χ3v) is 5.67. The van der Waals surface area contributed by atoms with Gasteiger partial charge in [0.15, 0.2) is 16.6 Å². The molecule has 184 valence electrons. The second-order valence-corrected chi connectivity index (χ2v) is 8.24. The van der Waals surface area contributed by atoms with Gasteiger partial charge in [-0.2, -0.15) is 13.2 Å². The zero-order valence-corrected chi connectivity index (χ0v) is 19.7. The maximum absolute atomic E-state index is 13.9. The lowest BCUT2D eigenvalue weighted by atomic mass is 9.82. The summed E-state index contributed by atoms with van der Waals surface area (Å²) in [5, 5.41) is 15.1. The molecule has 2 aromatic carbocycles. The number of carbonyl (C=O) groups excluding carboxylic acids is 1. The van der Waals surface area contributed by atoms with Crippen molar-refractivity contribution in [1.29, 1.82) is 0 Å². The van der Waals surface area contributed by atoms with Crippen LogP contribution >= 0.6 is 23.8 Å². The van der Waals surface area contributed by atoms with E-state index < -0.39 is 34.9 Å². The number of carbonyl (C=O) groups is 1. The molecule has 3 rings (SSSR count). The summed E-state index contributed by atoms with van der Waals surface area (Å²) in [6.07, 6.45) is -5.24. The van der Waals surface area contributed by atoms with Crippen LogP contribution in [-0.4, -0.2) is 41.8 Å². The van der Waals surface area contributed by atoms with Crippen molar-refractivity contribution in [1.82, 2.24) is 10.6 Å². The Morgan fingerprint density at radius 3 is 2.47 bits per heavy atom. The van der Waals surface area contributed by atoms with Gasteiger partial charge in [0.1, 0.15) is 12.5 Å². The highest BCUT2D eigenvalue weighted by molar-refractivity contribution is 7.80. The fourth-order valence-corrected chi connectivity index (χ4v) is 3.96. The molecular weight excluding hydrogens is 497 g/mol. The van der Waals surface area contributed by atoms with Gasteiger partial charge in [-0.15, -0.1) is 0 Å². The van der Waals surface area contributed by atoms with Crippen LogP contribution in [0.5, 0.6) is 11.5 Å². The first-order valence-electron chi connectivity index (χ1n) is 10.1. The van der Waals surface area contributed by atoms with E-state index in [1.165, 1.54) is 32.2 Å². The number of hydrogen-bond donors (Lipinski definition) is 3. The number of benzene rings is 2. The van der Waals surface area contributed by atoms with E-state index in [1.807, 2.05) is 0 Å². The predicted octanol–water partition coefficient (Wildman–Crippen LogP) is 3.88. The Morgan fingerprint density at radius 1 is 1.21 bits per heavy atom. The van der Waals surface area contributed by atoms with Gasteiger partial charge in [0.05, 0.1) is 19.8 Å². The molecule has 1 saturated heterocycles. The molecule has 1 aliphatic rings. The van der Waals surface area contributed by atoms with Crippen LogP contribution in [0.25, 0.3) is 0 Å². The predicted molar refractivity (Wildman–Crippen MR) is 122 cm³/mol. The van der Waals surface area contributed by atoms with Crippen LogP contribution in [0.3, 0.4) is 0 Å². The van der Waals surface area contributed by atoms with E-state index in [0.29, 0.717) is 10.8 Å². The standard InChI is InChI=1S/C22H22ClF3N2O5S/c1-3-32-19(29)17-18(27-20(34)28-21(17,30)22(24,25)26)13-6-9-15(16(10-13)31-2)33-11-12-4-7-14(23)8-5-12/h4-10,17-18,30H,3,11H2,1-2H3,(H2,27,28,34)/t17-,18+,21+/m1/s1. The van der Waals surface area contributed by atoms with Gasteiger partial charge >= 0.3 is 12.1 Å². The second-order valence-electron chi connectivity index (χ2n) is 7.40. The van der Waals surface area contributed by atoms with Gasteiger partial charge < -0.3 is 30.0 Å². The molecule has 7 nitrogen and oxygen atoms in total. The molecule has 0 bridgehead atoms. The SMILES string of the molecule is CCOC(=O)[C@H]1[C@H](c2ccc(OCc3ccc(Cl)cc3)c(OC)c2)NC(=S)N[C@@]1(O)C(F)(F)F.